The summed E-state index contributed by atoms with van der Waals surface area (Å²) in [5.41, 5.74) is 0.293. The fourth-order valence-electron chi connectivity index (χ4n) is 3.57. The van der Waals surface area contributed by atoms with Crippen LogP contribution >= 0.6 is 0 Å². The Morgan fingerprint density at radius 3 is 2.32 bits per heavy atom. The van der Waals surface area contributed by atoms with E-state index in [4.69, 9.17) is 4.74 Å². The average molecular weight is 437 g/mol. The van der Waals surface area contributed by atoms with Crippen molar-refractivity contribution in [3.8, 4) is 11.4 Å². The third-order valence-corrected chi connectivity index (χ3v) is 5.17. The van der Waals surface area contributed by atoms with Gasteiger partial charge < -0.3 is 14.5 Å². The highest BCUT2D eigenvalue weighted by atomic mass is 19.4. The van der Waals surface area contributed by atoms with E-state index in [1.807, 2.05) is 0 Å². The standard InChI is InChI=1S/C21H22F3N3O4/c1-14-8-11-27(15-6-3-4-7-16(15)31-2)19(29)17(14)18(28)25-9-5-10-26(13-12-25)20(30)21(22,23)24/h3-4,6-8,11H,5,9-10,12-13H2,1-2H3. The number of carbonyl (C=O) groups is 2. The Balaban J connectivity index is 1.90. The largest absolute Gasteiger partial charge is 0.495 e. The summed E-state index contributed by atoms with van der Waals surface area (Å²) in [6, 6.07) is 8.46. The van der Waals surface area contributed by atoms with E-state index in [-0.39, 0.29) is 38.2 Å². The molecule has 7 nitrogen and oxygen atoms in total. The van der Waals surface area contributed by atoms with Crippen molar-refractivity contribution in [2.75, 3.05) is 33.3 Å². The molecular formula is C21H22F3N3O4. The molecular weight excluding hydrogens is 415 g/mol. The topological polar surface area (TPSA) is 71.8 Å². The van der Waals surface area contributed by atoms with Gasteiger partial charge in [-0.15, -0.1) is 0 Å². The summed E-state index contributed by atoms with van der Waals surface area (Å²) in [6.07, 6.45) is -3.24. The van der Waals surface area contributed by atoms with E-state index < -0.39 is 23.5 Å². The third kappa shape index (κ3) is 4.57. The molecule has 2 aromatic rings. The van der Waals surface area contributed by atoms with Gasteiger partial charge in [-0.25, -0.2) is 0 Å². The first kappa shape index (κ1) is 22.4. The van der Waals surface area contributed by atoms with Crippen LogP contribution in [0.3, 0.4) is 0 Å². The molecule has 0 radical (unpaired) electrons. The molecule has 0 unspecified atom stereocenters. The van der Waals surface area contributed by atoms with E-state index in [2.05, 4.69) is 0 Å². The first-order valence-electron chi connectivity index (χ1n) is 9.66. The molecule has 1 fully saturated rings. The minimum atomic E-state index is -4.96. The van der Waals surface area contributed by atoms with Crippen LogP contribution in [0.4, 0.5) is 13.2 Å². The molecule has 1 aromatic heterocycles. The first-order valence-corrected chi connectivity index (χ1v) is 9.66. The number of para-hydroxylation sites is 2. The van der Waals surface area contributed by atoms with Gasteiger partial charge in [0.25, 0.3) is 11.5 Å². The lowest BCUT2D eigenvalue weighted by Crippen LogP contribution is -2.44. The molecule has 3 rings (SSSR count). The zero-order chi connectivity index (χ0) is 22.8. The summed E-state index contributed by atoms with van der Waals surface area (Å²) in [7, 11) is 1.47. The van der Waals surface area contributed by atoms with E-state index in [9.17, 15) is 27.6 Å². The van der Waals surface area contributed by atoms with Gasteiger partial charge in [-0.1, -0.05) is 12.1 Å². The van der Waals surface area contributed by atoms with Crippen LogP contribution in [0, 0.1) is 6.92 Å². The van der Waals surface area contributed by atoms with E-state index in [0.717, 1.165) is 0 Å². The number of amides is 2. The molecule has 1 aliphatic heterocycles. The van der Waals surface area contributed by atoms with Crippen LogP contribution in [0.15, 0.2) is 41.3 Å². The number of halogens is 3. The number of alkyl halides is 3. The summed E-state index contributed by atoms with van der Waals surface area (Å²) in [4.78, 5) is 39.9. The minimum Gasteiger partial charge on any atom is -0.495 e. The highest BCUT2D eigenvalue weighted by Gasteiger charge is 2.43. The number of nitrogens with zero attached hydrogens (tertiary/aromatic N) is 3. The lowest BCUT2D eigenvalue weighted by atomic mass is 10.1. The van der Waals surface area contributed by atoms with Crippen LogP contribution < -0.4 is 10.3 Å². The van der Waals surface area contributed by atoms with Crippen LogP contribution in [0.5, 0.6) is 5.75 Å². The maximum Gasteiger partial charge on any atom is 0.471 e. The number of pyridine rings is 1. The Labute approximate surface area is 176 Å². The molecule has 1 aliphatic rings. The Bertz CT molecular complexity index is 1050. The van der Waals surface area contributed by atoms with Crippen LogP contribution in [-0.2, 0) is 4.79 Å². The minimum absolute atomic E-state index is 0.0657. The number of aryl methyl sites for hydroxylation is 1. The molecule has 0 bridgehead atoms. The third-order valence-electron chi connectivity index (χ3n) is 5.17. The number of ether oxygens (including phenoxy) is 1. The van der Waals surface area contributed by atoms with Crippen LogP contribution in [0.2, 0.25) is 0 Å². The average Bonchev–Trinajstić information content (AvgIpc) is 2.99. The number of hydrogen-bond acceptors (Lipinski definition) is 4. The Morgan fingerprint density at radius 1 is 1.00 bits per heavy atom. The lowest BCUT2D eigenvalue weighted by molar-refractivity contribution is -0.185. The van der Waals surface area contributed by atoms with Crippen molar-refractivity contribution in [1.82, 2.24) is 14.4 Å². The van der Waals surface area contributed by atoms with Gasteiger partial charge in [-0.3, -0.25) is 19.0 Å². The normalized spacial score (nSPS) is 14.9. The Kier molecular flexibility index (Phi) is 6.37. The van der Waals surface area contributed by atoms with Crippen LogP contribution in [-0.4, -0.2) is 65.6 Å². The fraction of sp³-hybridized carbons (Fsp3) is 0.381. The second-order valence-corrected chi connectivity index (χ2v) is 7.16. The van der Waals surface area contributed by atoms with E-state index in [0.29, 0.717) is 21.9 Å². The van der Waals surface area contributed by atoms with Gasteiger partial charge in [0.1, 0.15) is 11.3 Å². The molecule has 2 heterocycles. The molecule has 0 spiro atoms. The highest BCUT2D eigenvalue weighted by Crippen LogP contribution is 2.22. The second kappa shape index (κ2) is 8.83. The zero-order valence-electron chi connectivity index (χ0n) is 17.1. The predicted octanol–water partition coefficient (Wildman–Crippen LogP) is 2.39. The van der Waals surface area contributed by atoms with Gasteiger partial charge in [0.15, 0.2) is 0 Å². The quantitative estimate of drug-likeness (QED) is 0.740. The van der Waals surface area contributed by atoms with Crippen molar-refractivity contribution in [1.29, 1.82) is 0 Å². The molecule has 1 aromatic carbocycles. The van der Waals surface area contributed by atoms with E-state index in [1.165, 1.54) is 16.6 Å². The van der Waals surface area contributed by atoms with E-state index in [1.54, 1.807) is 43.5 Å². The maximum atomic E-state index is 13.2. The van der Waals surface area contributed by atoms with Crippen molar-refractivity contribution in [2.24, 2.45) is 0 Å². The summed E-state index contributed by atoms with van der Waals surface area (Å²) >= 11 is 0. The molecule has 166 valence electrons. The smallest absolute Gasteiger partial charge is 0.471 e. The summed E-state index contributed by atoms with van der Waals surface area (Å²) in [6.45, 7) is 1.31. The molecule has 0 saturated carbocycles. The molecule has 2 amide bonds. The molecule has 10 heteroatoms. The number of methoxy groups -OCH3 is 1. The van der Waals surface area contributed by atoms with Crippen molar-refractivity contribution >= 4 is 11.8 Å². The van der Waals surface area contributed by atoms with Gasteiger partial charge in [0.05, 0.1) is 12.8 Å². The van der Waals surface area contributed by atoms with Gasteiger partial charge in [-0.2, -0.15) is 13.2 Å². The van der Waals surface area contributed by atoms with Crippen LogP contribution in [0.25, 0.3) is 5.69 Å². The SMILES string of the molecule is COc1ccccc1-n1ccc(C)c(C(=O)N2CCCN(C(=O)C(F)(F)F)CC2)c1=O. The molecule has 1 saturated heterocycles. The van der Waals surface area contributed by atoms with E-state index >= 15 is 0 Å². The van der Waals surface area contributed by atoms with Crippen LogP contribution in [0.1, 0.15) is 22.3 Å². The number of hydrogen-bond donors (Lipinski definition) is 0. The number of carbonyl (C=O) groups excluding carboxylic acids is 2. The monoisotopic (exact) mass is 437 g/mol. The van der Waals surface area contributed by atoms with Gasteiger partial charge in [0, 0.05) is 32.4 Å². The van der Waals surface area contributed by atoms with Crippen molar-refractivity contribution in [2.45, 2.75) is 19.5 Å². The van der Waals surface area contributed by atoms with Gasteiger partial charge in [0.2, 0.25) is 0 Å². The Morgan fingerprint density at radius 2 is 1.65 bits per heavy atom. The number of rotatable bonds is 3. The van der Waals surface area contributed by atoms with Crippen molar-refractivity contribution in [3.05, 3.63) is 58.0 Å². The number of aromatic nitrogens is 1. The maximum absolute atomic E-state index is 13.2. The van der Waals surface area contributed by atoms with Crippen molar-refractivity contribution in [3.63, 3.8) is 0 Å². The second-order valence-electron chi connectivity index (χ2n) is 7.16. The fourth-order valence-corrected chi connectivity index (χ4v) is 3.57. The first-order chi connectivity index (χ1) is 14.6. The Hall–Kier alpha value is -3.30. The summed E-state index contributed by atoms with van der Waals surface area (Å²) in [5, 5.41) is 0. The molecule has 0 atom stereocenters. The van der Waals surface area contributed by atoms with Crippen molar-refractivity contribution < 1.29 is 27.5 Å². The summed E-state index contributed by atoms with van der Waals surface area (Å²) in [5.74, 6) is -2.05. The molecule has 0 N–H and O–H groups in total. The molecule has 0 aliphatic carbocycles. The lowest BCUT2D eigenvalue weighted by Gasteiger charge is -2.23. The number of benzene rings is 1. The van der Waals surface area contributed by atoms with Gasteiger partial charge >= 0.3 is 12.1 Å². The van der Waals surface area contributed by atoms with Gasteiger partial charge in [-0.05, 0) is 37.1 Å². The molecule has 31 heavy (non-hydrogen) atoms. The predicted molar refractivity (Wildman–Crippen MR) is 106 cm³/mol. The highest BCUT2D eigenvalue weighted by molar-refractivity contribution is 5.95. The zero-order valence-corrected chi connectivity index (χ0v) is 17.1. The summed E-state index contributed by atoms with van der Waals surface area (Å²) < 4.78 is 44.8.